The minimum Gasteiger partial charge on any atom is -0.496 e. The van der Waals surface area contributed by atoms with Crippen molar-refractivity contribution < 1.29 is 22.7 Å². The molecule has 1 atom stereocenters. The molecule has 2 heterocycles. The number of hydrogen-bond donors (Lipinski definition) is 1. The predicted molar refractivity (Wildman–Crippen MR) is 103 cm³/mol. The fourth-order valence-corrected chi connectivity index (χ4v) is 4.79. The van der Waals surface area contributed by atoms with Crippen LogP contribution in [-0.4, -0.2) is 49.9 Å². The van der Waals surface area contributed by atoms with Gasteiger partial charge in [0, 0.05) is 18.8 Å². The van der Waals surface area contributed by atoms with Crippen LogP contribution in [0.15, 0.2) is 41.4 Å². The summed E-state index contributed by atoms with van der Waals surface area (Å²) in [4.78, 5) is 15.4. The number of methoxy groups -OCH3 is 1. The molecule has 2 N–H and O–H groups in total. The molecule has 1 unspecified atom stereocenters. The van der Waals surface area contributed by atoms with Crippen LogP contribution in [-0.2, 0) is 10.0 Å². The molecule has 28 heavy (non-hydrogen) atoms. The second-order valence-corrected chi connectivity index (χ2v) is 8.56. The Bertz CT molecular complexity index is 977. The molecule has 1 aromatic carbocycles. The van der Waals surface area contributed by atoms with E-state index in [-0.39, 0.29) is 23.2 Å². The van der Waals surface area contributed by atoms with Gasteiger partial charge in [-0.05, 0) is 49.6 Å². The highest BCUT2D eigenvalue weighted by Gasteiger charge is 2.31. The standard InChI is InChI=1S/C19H23N3O5S/c1-13-10-16(5-6-18(13)26-2)28(24,25)22-9-3-4-15(12-22)27-14-7-8-21-17(11-14)19(20)23/h5-8,10-11,15H,3-4,9,12H2,1-2H3,(H2,20,23). The fraction of sp³-hybridized carbons (Fsp3) is 0.368. The normalized spacial score (nSPS) is 17.9. The maximum Gasteiger partial charge on any atom is 0.267 e. The van der Waals surface area contributed by atoms with E-state index in [1.165, 1.54) is 16.6 Å². The molecule has 1 aromatic heterocycles. The summed E-state index contributed by atoms with van der Waals surface area (Å²) >= 11 is 0. The number of ether oxygens (including phenoxy) is 2. The van der Waals surface area contributed by atoms with Crippen molar-refractivity contribution in [1.29, 1.82) is 0 Å². The number of sulfonamides is 1. The molecule has 0 spiro atoms. The van der Waals surface area contributed by atoms with E-state index in [1.807, 2.05) is 0 Å². The monoisotopic (exact) mass is 405 g/mol. The van der Waals surface area contributed by atoms with Gasteiger partial charge in [-0.3, -0.25) is 9.78 Å². The molecule has 150 valence electrons. The Morgan fingerprint density at radius 1 is 1.29 bits per heavy atom. The second-order valence-electron chi connectivity index (χ2n) is 6.62. The number of nitrogens with two attached hydrogens (primary N) is 1. The maximum atomic E-state index is 13.0. The smallest absolute Gasteiger partial charge is 0.267 e. The number of nitrogens with zero attached hydrogens (tertiary/aromatic N) is 2. The number of carbonyl (C=O) groups is 1. The van der Waals surface area contributed by atoms with Gasteiger partial charge in [-0.2, -0.15) is 4.31 Å². The summed E-state index contributed by atoms with van der Waals surface area (Å²) < 4.78 is 38.6. The van der Waals surface area contributed by atoms with Crippen LogP contribution in [0.1, 0.15) is 28.9 Å². The Balaban J connectivity index is 1.76. The number of rotatable bonds is 6. The Hall–Kier alpha value is -2.65. The summed E-state index contributed by atoms with van der Waals surface area (Å²) in [5.74, 6) is 0.434. The molecule has 0 radical (unpaired) electrons. The predicted octanol–water partition coefficient (Wildman–Crippen LogP) is 1.73. The molecule has 0 aliphatic carbocycles. The zero-order valence-electron chi connectivity index (χ0n) is 15.8. The highest BCUT2D eigenvalue weighted by molar-refractivity contribution is 7.89. The highest BCUT2D eigenvalue weighted by atomic mass is 32.2. The summed E-state index contributed by atoms with van der Waals surface area (Å²) in [5.41, 5.74) is 6.10. The van der Waals surface area contributed by atoms with E-state index in [9.17, 15) is 13.2 Å². The first-order chi connectivity index (χ1) is 13.3. The number of hydrogen-bond acceptors (Lipinski definition) is 6. The molecule has 2 aromatic rings. The van der Waals surface area contributed by atoms with E-state index in [0.717, 1.165) is 5.56 Å². The lowest BCUT2D eigenvalue weighted by Crippen LogP contribution is -2.44. The maximum absolute atomic E-state index is 13.0. The van der Waals surface area contributed by atoms with Crippen molar-refractivity contribution in [2.45, 2.75) is 30.8 Å². The number of carbonyl (C=O) groups excluding carboxylic acids is 1. The third-order valence-electron chi connectivity index (χ3n) is 4.63. The van der Waals surface area contributed by atoms with Gasteiger partial charge in [0.05, 0.1) is 18.6 Å². The van der Waals surface area contributed by atoms with Crippen molar-refractivity contribution in [2.75, 3.05) is 20.2 Å². The molecule has 1 saturated heterocycles. The van der Waals surface area contributed by atoms with Crippen molar-refractivity contribution in [3.63, 3.8) is 0 Å². The quantitative estimate of drug-likeness (QED) is 0.783. The topological polar surface area (TPSA) is 112 Å². The largest absolute Gasteiger partial charge is 0.496 e. The summed E-state index contributed by atoms with van der Waals surface area (Å²) in [6, 6.07) is 7.89. The van der Waals surface area contributed by atoms with Gasteiger partial charge in [0.15, 0.2) is 0 Å². The first-order valence-corrected chi connectivity index (χ1v) is 10.3. The van der Waals surface area contributed by atoms with Gasteiger partial charge in [0.25, 0.3) is 5.91 Å². The fourth-order valence-electron chi connectivity index (χ4n) is 3.19. The van der Waals surface area contributed by atoms with Crippen LogP contribution in [0.2, 0.25) is 0 Å². The van der Waals surface area contributed by atoms with E-state index < -0.39 is 15.9 Å². The number of piperidine rings is 1. The summed E-state index contributed by atoms with van der Waals surface area (Å²) in [6.07, 6.45) is 2.49. The number of aryl methyl sites for hydroxylation is 1. The molecule has 1 aliphatic heterocycles. The van der Waals surface area contributed by atoms with Crippen molar-refractivity contribution >= 4 is 15.9 Å². The third kappa shape index (κ3) is 4.26. The van der Waals surface area contributed by atoms with Crippen LogP contribution in [0.4, 0.5) is 0 Å². The van der Waals surface area contributed by atoms with Gasteiger partial charge in [-0.25, -0.2) is 8.42 Å². The molecule has 3 rings (SSSR count). The summed E-state index contributed by atoms with van der Waals surface area (Å²) in [7, 11) is -2.10. The molecule has 1 fully saturated rings. The Morgan fingerprint density at radius 3 is 2.75 bits per heavy atom. The van der Waals surface area contributed by atoms with Gasteiger partial charge in [-0.1, -0.05) is 0 Å². The SMILES string of the molecule is COc1ccc(S(=O)(=O)N2CCCC(Oc3ccnc(C(N)=O)c3)C2)cc1C. The van der Waals surface area contributed by atoms with E-state index in [1.54, 1.807) is 38.3 Å². The lowest BCUT2D eigenvalue weighted by atomic mass is 10.1. The van der Waals surface area contributed by atoms with Crippen molar-refractivity contribution in [3.05, 3.63) is 47.8 Å². The van der Waals surface area contributed by atoms with Crippen LogP contribution in [0, 0.1) is 6.92 Å². The molecular formula is C19H23N3O5S. The van der Waals surface area contributed by atoms with Crippen LogP contribution >= 0.6 is 0 Å². The number of pyridine rings is 1. The van der Waals surface area contributed by atoms with Gasteiger partial charge < -0.3 is 15.2 Å². The second kappa shape index (κ2) is 8.15. The summed E-state index contributed by atoms with van der Waals surface area (Å²) in [5, 5.41) is 0. The van der Waals surface area contributed by atoms with E-state index in [4.69, 9.17) is 15.2 Å². The Kier molecular flexibility index (Phi) is 5.85. The number of primary amides is 1. The van der Waals surface area contributed by atoms with E-state index in [2.05, 4.69) is 4.98 Å². The van der Waals surface area contributed by atoms with Crippen molar-refractivity contribution in [3.8, 4) is 11.5 Å². The first kappa shape index (κ1) is 20.1. The van der Waals surface area contributed by atoms with Crippen LogP contribution < -0.4 is 15.2 Å². The zero-order chi connectivity index (χ0) is 20.3. The third-order valence-corrected chi connectivity index (χ3v) is 6.49. The Morgan fingerprint density at radius 2 is 2.07 bits per heavy atom. The molecule has 1 aliphatic rings. The van der Waals surface area contributed by atoms with E-state index in [0.29, 0.717) is 30.9 Å². The number of benzene rings is 1. The minimum absolute atomic E-state index is 0.103. The lowest BCUT2D eigenvalue weighted by molar-refractivity contribution is 0.0993. The highest BCUT2D eigenvalue weighted by Crippen LogP contribution is 2.27. The zero-order valence-corrected chi connectivity index (χ0v) is 16.6. The molecule has 0 bridgehead atoms. The lowest BCUT2D eigenvalue weighted by Gasteiger charge is -2.32. The van der Waals surface area contributed by atoms with Gasteiger partial charge in [-0.15, -0.1) is 0 Å². The minimum atomic E-state index is -3.64. The van der Waals surface area contributed by atoms with E-state index >= 15 is 0 Å². The van der Waals surface area contributed by atoms with Crippen LogP contribution in [0.3, 0.4) is 0 Å². The molecule has 1 amide bonds. The number of amides is 1. The van der Waals surface area contributed by atoms with Crippen LogP contribution in [0.5, 0.6) is 11.5 Å². The van der Waals surface area contributed by atoms with Crippen LogP contribution in [0.25, 0.3) is 0 Å². The average Bonchev–Trinajstić information content (AvgIpc) is 2.68. The summed E-state index contributed by atoms with van der Waals surface area (Å²) in [6.45, 7) is 2.46. The van der Waals surface area contributed by atoms with Gasteiger partial charge >= 0.3 is 0 Å². The van der Waals surface area contributed by atoms with Crippen molar-refractivity contribution in [1.82, 2.24) is 9.29 Å². The molecule has 9 heteroatoms. The van der Waals surface area contributed by atoms with Gasteiger partial charge in [0.1, 0.15) is 23.3 Å². The van der Waals surface area contributed by atoms with Crippen molar-refractivity contribution in [2.24, 2.45) is 5.73 Å². The molecular weight excluding hydrogens is 382 g/mol. The first-order valence-electron chi connectivity index (χ1n) is 8.88. The Labute approximate surface area is 164 Å². The molecule has 0 saturated carbocycles. The molecule has 8 nitrogen and oxygen atoms in total. The van der Waals surface area contributed by atoms with Gasteiger partial charge in [0.2, 0.25) is 10.0 Å². The average molecular weight is 405 g/mol. The number of aromatic nitrogens is 1.